The van der Waals surface area contributed by atoms with E-state index in [1.165, 1.54) is 24.3 Å². The number of rotatable bonds is 4. The second-order valence-electron chi connectivity index (χ2n) is 3.99. The number of nitro groups is 2. The van der Waals surface area contributed by atoms with E-state index in [2.05, 4.69) is 15.9 Å². The number of non-ortho nitro benzene ring substituents is 1. The van der Waals surface area contributed by atoms with Gasteiger partial charge in [-0.05, 0) is 12.1 Å². The first-order chi connectivity index (χ1) is 9.86. The van der Waals surface area contributed by atoms with Crippen molar-refractivity contribution >= 4 is 33.0 Å². The third-order valence-corrected chi connectivity index (χ3v) is 2.96. The van der Waals surface area contributed by atoms with Crippen molar-refractivity contribution in [2.45, 2.75) is 0 Å². The van der Waals surface area contributed by atoms with Gasteiger partial charge in [-0.3, -0.25) is 20.2 Å². The maximum atomic E-state index is 11.0. The van der Waals surface area contributed by atoms with Crippen LogP contribution in [0.25, 0.3) is 0 Å². The summed E-state index contributed by atoms with van der Waals surface area (Å²) in [5, 5.41) is 21.7. The summed E-state index contributed by atoms with van der Waals surface area (Å²) >= 11 is 3.12. The molecule has 9 heteroatoms. The molecule has 0 unspecified atom stereocenters. The molecule has 0 radical (unpaired) electrons. The summed E-state index contributed by atoms with van der Waals surface area (Å²) in [4.78, 5) is 20.5. The summed E-state index contributed by atoms with van der Waals surface area (Å²) in [5.74, 6) is 0.00946. The lowest BCUT2D eigenvalue weighted by Crippen LogP contribution is -1.96. The average molecular weight is 354 g/mol. The van der Waals surface area contributed by atoms with Crippen molar-refractivity contribution in [2.24, 2.45) is 0 Å². The summed E-state index contributed by atoms with van der Waals surface area (Å²) in [5.41, 5.74) is 5.14. The highest BCUT2D eigenvalue weighted by Gasteiger charge is 2.18. The lowest BCUT2D eigenvalue weighted by atomic mass is 10.2. The van der Waals surface area contributed by atoms with Gasteiger partial charge in [0.1, 0.15) is 5.75 Å². The number of nitrogens with zero attached hydrogens (tertiary/aromatic N) is 2. The predicted octanol–water partition coefficient (Wildman–Crippen LogP) is 3.64. The quantitative estimate of drug-likeness (QED) is 0.508. The third-order valence-electron chi connectivity index (χ3n) is 2.47. The van der Waals surface area contributed by atoms with Crippen LogP contribution in [-0.4, -0.2) is 9.85 Å². The Morgan fingerprint density at radius 1 is 1.05 bits per heavy atom. The Morgan fingerprint density at radius 2 is 1.76 bits per heavy atom. The van der Waals surface area contributed by atoms with Crippen LogP contribution in [0.15, 0.2) is 40.9 Å². The van der Waals surface area contributed by atoms with Crippen molar-refractivity contribution in [1.82, 2.24) is 0 Å². The van der Waals surface area contributed by atoms with Gasteiger partial charge in [-0.25, -0.2) is 0 Å². The highest BCUT2D eigenvalue weighted by atomic mass is 79.9. The Hall–Kier alpha value is -2.68. The number of nitrogen functional groups attached to an aromatic ring is 1. The predicted molar refractivity (Wildman–Crippen MR) is 78.4 cm³/mol. The molecule has 2 aromatic carbocycles. The molecular weight excluding hydrogens is 346 g/mol. The fraction of sp³-hybridized carbons (Fsp3) is 0. The number of halogens is 1. The topological polar surface area (TPSA) is 122 Å². The molecule has 0 spiro atoms. The summed E-state index contributed by atoms with van der Waals surface area (Å²) in [6, 6.07) is 7.88. The second-order valence-corrected chi connectivity index (χ2v) is 4.90. The van der Waals surface area contributed by atoms with Gasteiger partial charge in [-0.15, -0.1) is 0 Å². The Bertz CT molecular complexity index is 735. The van der Waals surface area contributed by atoms with Gasteiger partial charge in [0.05, 0.1) is 15.9 Å². The Kier molecular flexibility index (Phi) is 4.03. The van der Waals surface area contributed by atoms with Crippen molar-refractivity contribution in [3.05, 3.63) is 61.1 Å². The smallest absolute Gasteiger partial charge is 0.312 e. The largest absolute Gasteiger partial charge is 0.450 e. The molecule has 0 bridgehead atoms. The summed E-state index contributed by atoms with van der Waals surface area (Å²) in [7, 11) is 0. The minimum absolute atomic E-state index is 0.0388. The van der Waals surface area contributed by atoms with Gasteiger partial charge in [-0.2, -0.15) is 0 Å². The van der Waals surface area contributed by atoms with E-state index >= 15 is 0 Å². The van der Waals surface area contributed by atoms with Gasteiger partial charge in [-0.1, -0.05) is 15.9 Å². The van der Waals surface area contributed by atoms with Crippen LogP contribution in [0.4, 0.5) is 17.1 Å². The molecule has 0 atom stereocenters. The van der Waals surface area contributed by atoms with Crippen LogP contribution >= 0.6 is 15.9 Å². The molecule has 0 amide bonds. The highest BCUT2D eigenvalue weighted by molar-refractivity contribution is 9.10. The van der Waals surface area contributed by atoms with Crippen molar-refractivity contribution < 1.29 is 14.6 Å². The lowest BCUT2D eigenvalue weighted by molar-refractivity contribution is -0.386. The van der Waals surface area contributed by atoms with Gasteiger partial charge in [0.25, 0.3) is 5.69 Å². The van der Waals surface area contributed by atoms with Gasteiger partial charge in [0.15, 0.2) is 0 Å². The fourth-order valence-corrected chi connectivity index (χ4v) is 1.97. The van der Waals surface area contributed by atoms with E-state index in [0.717, 1.165) is 6.07 Å². The standard InChI is InChI=1S/C12H8BrN3O5/c13-7-1-2-12(11(3-7)16(19)20)21-10-5-8(14)4-9(6-10)15(17)18/h1-6H,14H2. The number of anilines is 1. The molecular formula is C12H8BrN3O5. The van der Waals surface area contributed by atoms with E-state index in [0.29, 0.717) is 4.47 Å². The van der Waals surface area contributed by atoms with Crippen molar-refractivity contribution in [1.29, 1.82) is 0 Å². The Labute approximate surface area is 126 Å². The van der Waals surface area contributed by atoms with E-state index in [9.17, 15) is 20.2 Å². The Balaban J connectivity index is 2.43. The first kappa shape index (κ1) is 14.7. The number of nitrogens with two attached hydrogens (primary N) is 1. The minimum Gasteiger partial charge on any atom is -0.450 e. The van der Waals surface area contributed by atoms with Gasteiger partial charge >= 0.3 is 5.69 Å². The molecule has 0 fully saturated rings. The van der Waals surface area contributed by atoms with E-state index < -0.39 is 9.85 Å². The SMILES string of the molecule is Nc1cc(Oc2ccc(Br)cc2[N+](=O)[O-])cc([N+](=O)[O-])c1. The van der Waals surface area contributed by atoms with Crippen molar-refractivity contribution in [3.63, 3.8) is 0 Å². The maximum absolute atomic E-state index is 11.0. The van der Waals surface area contributed by atoms with Gasteiger partial charge < -0.3 is 10.5 Å². The number of hydrogen-bond donors (Lipinski definition) is 1. The molecule has 2 aromatic rings. The van der Waals surface area contributed by atoms with Crippen LogP contribution in [-0.2, 0) is 0 Å². The molecule has 0 saturated carbocycles. The van der Waals surface area contributed by atoms with Crippen molar-refractivity contribution in [3.8, 4) is 11.5 Å². The average Bonchev–Trinajstić information content (AvgIpc) is 2.40. The van der Waals surface area contributed by atoms with E-state index in [1.54, 1.807) is 6.07 Å². The summed E-state index contributed by atoms with van der Waals surface area (Å²) < 4.78 is 5.86. The first-order valence-electron chi connectivity index (χ1n) is 5.53. The zero-order valence-corrected chi connectivity index (χ0v) is 11.9. The molecule has 21 heavy (non-hydrogen) atoms. The van der Waals surface area contributed by atoms with E-state index in [4.69, 9.17) is 10.5 Å². The lowest BCUT2D eigenvalue weighted by Gasteiger charge is -2.07. The monoisotopic (exact) mass is 353 g/mol. The molecule has 0 aromatic heterocycles. The third kappa shape index (κ3) is 3.45. The van der Waals surface area contributed by atoms with Crippen molar-refractivity contribution in [2.75, 3.05) is 5.73 Å². The molecule has 0 heterocycles. The van der Waals surface area contributed by atoms with Crippen LogP contribution in [0.5, 0.6) is 11.5 Å². The molecule has 108 valence electrons. The van der Waals surface area contributed by atoms with Crippen LogP contribution in [0.1, 0.15) is 0 Å². The second kappa shape index (κ2) is 5.75. The molecule has 0 saturated heterocycles. The number of ether oxygens (including phenoxy) is 1. The fourth-order valence-electron chi connectivity index (χ4n) is 1.62. The number of hydrogen-bond acceptors (Lipinski definition) is 6. The molecule has 8 nitrogen and oxygen atoms in total. The summed E-state index contributed by atoms with van der Waals surface area (Å²) in [6.45, 7) is 0. The zero-order chi connectivity index (χ0) is 15.6. The summed E-state index contributed by atoms with van der Waals surface area (Å²) in [6.07, 6.45) is 0. The van der Waals surface area contributed by atoms with Crippen LogP contribution < -0.4 is 10.5 Å². The normalized spacial score (nSPS) is 10.1. The minimum atomic E-state index is -0.626. The number of nitro benzene ring substituents is 2. The molecule has 0 aliphatic rings. The highest BCUT2D eigenvalue weighted by Crippen LogP contribution is 2.35. The van der Waals surface area contributed by atoms with Gasteiger partial charge in [0.2, 0.25) is 5.75 Å². The first-order valence-corrected chi connectivity index (χ1v) is 6.33. The molecule has 0 aliphatic carbocycles. The maximum Gasteiger partial charge on any atom is 0.312 e. The molecule has 0 aliphatic heterocycles. The zero-order valence-electron chi connectivity index (χ0n) is 10.4. The van der Waals surface area contributed by atoms with E-state index in [-0.39, 0.29) is 28.6 Å². The van der Waals surface area contributed by atoms with Crippen LogP contribution in [0, 0.1) is 20.2 Å². The number of benzene rings is 2. The van der Waals surface area contributed by atoms with Gasteiger partial charge in [0, 0.05) is 28.4 Å². The molecule has 2 N–H and O–H groups in total. The Morgan fingerprint density at radius 3 is 2.38 bits per heavy atom. The molecule has 2 rings (SSSR count). The van der Waals surface area contributed by atoms with Crippen LogP contribution in [0.3, 0.4) is 0 Å². The van der Waals surface area contributed by atoms with Crippen LogP contribution in [0.2, 0.25) is 0 Å². The van der Waals surface area contributed by atoms with E-state index in [1.807, 2.05) is 0 Å².